The fourth-order valence-electron chi connectivity index (χ4n) is 1.76. The van der Waals surface area contributed by atoms with Crippen LogP contribution in [-0.4, -0.2) is 22.4 Å². The van der Waals surface area contributed by atoms with E-state index < -0.39 is 10.8 Å². The van der Waals surface area contributed by atoms with Crippen LogP contribution in [0, 0.1) is 10.1 Å². The van der Waals surface area contributed by atoms with Crippen LogP contribution in [0.15, 0.2) is 42.6 Å². The van der Waals surface area contributed by atoms with Crippen molar-refractivity contribution in [3.8, 4) is 0 Å². The third kappa shape index (κ3) is 4.00. The molecule has 0 saturated carbocycles. The van der Waals surface area contributed by atoms with Crippen molar-refractivity contribution >= 4 is 23.2 Å². The predicted molar refractivity (Wildman–Crippen MR) is 78.4 cm³/mol. The number of aromatic nitrogens is 1. The second kappa shape index (κ2) is 6.81. The Bertz CT molecular complexity index is 662. The van der Waals surface area contributed by atoms with Gasteiger partial charge >= 0.3 is 0 Å². The zero-order valence-electron chi connectivity index (χ0n) is 11.0. The molecule has 1 aromatic heterocycles. The molecule has 0 aliphatic heterocycles. The van der Waals surface area contributed by atoms with E-state index in [1.165, 1.54) is 0 Å². The van der Waals surface area contributed by atoms with Crippen LogP contribution in [0.25, 0.3) is 0 Å². The van der Waals surface area contributed by atoms with Crippen LogP contribution in [0.3, 0.4) is 0 Å². The molecule has 2 rings (SSSR count). The van der Waals surface area contributed by atoms with Gasteiger partial charge in [-0.05, 0) is 12.0 Å². The molecule has 7 heteroatoms. The number of nitrogens with one attached hydrogen (secondary N) is 1. The summed E-state index contributed by atoms with van der Waals surface area (Å²) >= 11 is 5.80. The minimum Gasteiger partial charge on any atom is -0.352 e. The Labute approximate surface area is 125 Å². The Morgan fingerprint density at radius 2 is 2.05 bits per heavy atom. The zero-order valence-corrected chi connectivity index (χ0v) is 11.7. The first-order chi connectivity index (χ1) is 10.1. The lowest BCUT2D eigenvalue weighted by molar-refractivity contribution is -0.385. The molecule has 0 unspecified atom stereocenters. The second-order valence-corrected chi connectivity index (χ2v) is 4.64. The van der Waals surface area contributed by atoms with Crippen molar-refractivity contribution in [1.29, 1.82) is 0 Å². The first-order valence-electron chi connectivity index (χ1n) is 6.20. The monoisotopic (exact) mass is 305 g/mol. The van der Waals surface area contributed by atoms with Crippen LogP contribution in [0.2, 0.25) is 5.15 Å². The number of hydrogen-bond donors (Lipinski definition) is 1. The highest BCUT2D eigenvalue weighted by Gasteiger charge is 2.16. The molecule has 0 saturated heterocycles. The van der Waals surface area contributed by atoms with Gasteiger partial charge in [-0.3, -0.25) is 14.9 Å². The number of halogens is 1. The Balaban J connectivity index is 2.00. The molecule has 1 amide bonds. The van der Waals surface area contributed by atoms with Gasteiger partial charge in [0.25, 0.3) is 11.6 Å². The van der Waals surface area contributed by atoms with Gasteiger partial charge in [-0.15, -0.1) is 0 Å². The van der Waals surface area contributed by atoms with E-state index in [4.69, 9.17) is 11.6 Å². The van der Waals surface area contributed by atoms with Gasteiger partial charge in [-0.1, -0.05) is 41.9 Å². The van der Waals surface area contributed by atoms with E-state index in [0.717, 1.165) is 17.8 Å². The number of nitrogens with zero attached hydrogens (tertiary/aromatic N) is 2. The minimum atomic E-state index is -0.621. The van der Waals surface area contributed by atoms with Crippen LogP contribution in [0.1, 0.15) is 15.9 Å². The van der Waals surface area contributed by atoms with Crippen molar-refractivity contribution in [2.45, 2.75) is 6.42 Å². The van der Waals surface area contributed by atoms with E-state index in [1.54, 1.807) is 0 Å². The maximum Gasteiger partial charge on any atom is 0.288 e. The molecule has 0 bridgehead atoms. The van der Waals surface area contributed by atoms with Gasteiger partial charge in [0.15, 0.2) is 0 Å². The molecular weight excluding hydrogens is 294 g/mol. The van der Waals surface area contributed by atoms with Crippen LogP contribution < -0.4 is 5.32 Å². The average Bonchev–Trinajstić information content (AvgIpc) is 2.48. The molecule has 0 radical (unpaired) electrons. The van der Waals surface area contributed by atoms with Crippen molar-refractivity contribution < 1.29 is 9.72 Å². The van der Waals surface area contributed by atoms with E-state index >= 15 is 0 Å². The Morgan fingerprint density at radius 1 is 1.33 bits per heavy atom. The van der Waals surface area contributed by atoms with Crippen molar-refractivity contribution in [3.05, 3.63) is 69.0 Å². The molecule has 2 aromatic rings. The summed E-state index contributed by atoms with van der Waals surface area (Å²) < 4.78 is 0. The van der Waals surface area contributed by atoms with Crippen LogP contribution in [-0.2, 0) is 6.42 Å². The van der Waals surface area contributed by atoms with Gasteiger partial charge in [0.1, 0.15) is 11.3 Å². The fraction of sp³-hybridized carbons (Fsp3) is 0.143. The van der Waals surface area contributed by atoms with Gasteiger partial charge < -0.3 is 5.32 Å². The lowest BCUT2D eigenvalue weighted by Gasteiger charge is -2.06. The molecule has 0 fully saturated rings. The zero-order chi connectivity index (χ0) is 15.2. The van der Waals surface area contributed by atoms with E-state index in [1.807, 2.05) is 30.3 Å². The molecule has 21 heavy (non-hydrogen) atoms. The minimum absolute atomic E-state index is 0.000992. The molecule has 108 valence electrons. The van der Waals surface area contributed by atoms with Crippen LogP contribution in [0.4, 0.5) is 5.69 Å². The third-order valence-corrected chi connectivity index (χ3v) is 3.12. The second-order valence-electron chi connectivity index (χ2n) is 4.28. The molecule has 0 aliphatic rings. The standard InChI is InChI=1S/C14H12ClN3O3/c15-13-12(8-11(9-17-13)18(20)21)14(19)16-7-6-10-4-2-1-3-5-10/h1-5,8-9H,6-7H2,(H,16,19). The number of carbonyl (C=O) groups excluding carboxylic acids is 1. The summed E-state index contributed by atoms with van der Waals surface area (Å²) in [6.07, 6.45) is 1.68. The van der Waals surface area contributed by atoms with Crippen LogP contribution in [0.5, 0.6) is 0 Å². The highest BCUT2D eigenvalue weighted by molar-refractivity contribution is 6.32. The number of hydrogen-bond acceptors (Lipinski definition) is 4. The average molecular weight is 306 g/mol. The van der Waals surface area contributed by atoms with Gasteiger partial charge in [0.2, 0.25) is 0 Å². The normalized spacial score (nSPS) is 10.1. The quantitative estimate of drug-likeness (QED) is 0.523. The molecule has 1 aromatic carbocycles. The first kappa shape index (κ1) is 14.9. The maximum absolute atomic E-state index is 12.0. The molecule has 1 N–H and O–H groups in total. The van der Waals surface area contributed by atoms with Gasteiger partial charge in [0.05, 0.1) is 10.5 Å². The van der Waals surface area contributed by atoms with Gasteiger partial charge in [0, 0.05) is 12.6 Å². The fourth-order valence-corrected chi connectivity index (χ4v) is 1.95. The molecular formula is C14H12ClN3O3. The first-order valence-corrected chi connectivity index (χ1v) is 6.58. The largest absolute Gasteiger partial charge is 0.352 e. The number of pyridine rings is 1. The molecule has 0 spiro atoms. The summed E-state index contributed by atoms with van der Waals surface area (Å²) in [6, 6.07) is 10.8. The summed E-state index contributed by atoms with van der Waals surface area (Å²) in [5.74, 6) is -0.480. The van der Waals surface area contributed by atoms with Crippen molar-refractivity contribution in [3.63, 3.8) is 0 Å². The predicted octanol–water partition coefficient (Wildman–Crippen LogP) is 2.62. The van der Waals surface area contributed by atoms with E-state index in [9.17, 15) is 14.9 Å². The van der Waals surface area contributed by atoms with Crippen molar-refractivity contribution in [2.24, 2.45) is 0 Å². The highest BCUT2D eigenvalue weighted by atomic mass is 35.5. The van der Waals surface area contributed by atoms with Crippen LogP contribution >= 0.6 is 11.6 Å². The number of rotatable bonds is 5. The smallest absolute Gasteiger partial charge is 0.288 e. The summed E-state index contributed by atoms with van der Waals surface area (Å²) in [6.45, 7) is 0.405. The van der Waals surface area contributed by atoms with Gasteiger partial charge in [-0.2, -0.15) is 0 Å². The Kier molecular flexibility index (Phi) is 4.84. The van der Waals surface area contributed by atoms with Crippen molar-refractivity contribution in [2.75, 3.05) is 6.54 Å². The summed E-state index contributed by atoms with van der Waals surface area (Å²) in [5, 5.41) is 13.3. The number of amides is 1. The molecule has 0 atom stereocenters. The maximum atomic E-state index is 12.0. The topological polar surface area (TPSA) is 85.1 Å². The van der Waals surface area contributed by atoms with E-state index in [-0.39, 0.29) is 16.4 Å². The highest BCUT2D eigenvalue weighted by Crippen LogP contribution is 2.18. The van der Waals surface area contributed by atoms with E-state index in [0.29, 0.717) is 13.0 Å². The molecule has 0 aliphatic carbocycles. The SMILES string of the molecule is O=C(NCCc1ccccc1)c1cc([N+](=O)[O-])cnc1Cl. The summed E-state index contributed by atoms with van der Waals surface area (Å²) in [5.41, 5.74) is 0.813. The van der Waals surface area contributed by atoms with Crippen molar-refractivity contribution in [1.82, 2.24) is 10.3 Å². The lowest BCUT2D eigenvalue weighted by Crippen LogP contribution is -2.26. The van der Waals surface area contributed by atoms with E-state index in [2.05, 4.69) is 10.3 Å². The summed E-state index contributed by atoms with van der Waals surface area (Å²) in [4.78, 5) is 25.7. The third-order valence-electron chi connectivity index (χ3n) is 2.82. The Morgan fingerprint density at radius 3 is 2.71 bits per heavy atom. The lowest BCUT2D eigenvalue weighted by atomic mass is 10.1. The van der Waals surface area contributed by atoms with Gasteiger partial charge in [-0.25, -0.2) is 4.98 Å². The summed E-state index contributed by atoms with van der Waals surface area (Å²) in [7, 11) is 0. The number of nitro groups is 1. The number of benzene rings is 1. The Hall–Kier alpha value is -2.47. The number of carbonyl (C=O) groups is 1. The molecule has 6 nitrogen and oxygen atoms in total. The molecule has 1 heterocycles.